The van der Waals surface area contributed by atoms with Crippen LogP contribution >= 0.6 is 12.4 Å². The first-order valence-corrected chi connectivity index (χ1v) is 8.19. The molecule has 1 aromatic carbocycles. The van der Waals surface area contributed by atoms with E-state index in [4.69, 9.17) is 4.74 Å². The van der Waals surface area contributed by atoms with Crippen molar-refractivity contribution in [2.45, 2.75) is 26.4 Å². The molecular formula is C19H26ClN3O. The number of rotatable bonds is 4. The average molecular weight is 348 g/mol. The summed E-state index contributed by atoms with van der Waals surface area (Å²) in [6.45, 7) is 8.02. The van der Waals surface area contributed by atoms with Crippen molar-refractivity contribution in [3.05, 3.63) is 58.9 Å². The van der Waals surface area contributed by atoms with Gasteiger partial charge in [0.25, 0.3) is 0 Å². The average Bonchev–Trinajstić information content (AvgIpc) is 2.59. The molecule has 130 valence electrons. The van der Waals surface area contributed by atoms with Gasteiger partial charge in [0.15, 0.2) is 0 Å². The molecule has 1 aliphatic heterocycles. The number of pyridine rings is 1. The van der Waals surface area contributed by atoms with Gasteiger partial charge in [-0.05, 0) is 19.4 Å². The van der Waals surface area contributed by atoms with Gasteiger partial charge in [-0.2, -0.15) is 0 Å². The highest BCUT2D eigenvalue weighted by atomic mass is 35.5. The Labute approximate surface area is 150 Å². The molecule has 1 saturated heterocycles. The van der Waals surface area contributed by atoms with Crippen LogP contribution in [-0.2, 0) is 6.54 Å². The molecule has 0 radical (unpaired) electrons. The fourth-order valence-corrected chi connectivity index (χ4v) is 3.36. The minimum Gasteiger partial charge on any atom is -0.496 e. The highest BCUT2D eigenvalue weighted by molar-refractivity contribution is 5.85. The highest BCUT2D eigenvalue weighted by Crippen LogP contribution is 2.28. The molecule has 2 heterocycles. The van der Waals surface area contributed by atoms with Crippen LogP contribution in [0.3, 0.4) is 0 Å². The monoisotopic (exact) mass is 347 g/mol. The van der Waals surface area contributed by atoms with E-state index in [1.807, 2.05) is 13.1 Å². The maximum absolute atomic E-state index is 5.55. The third kappa shape index (κ3) is 3.89. The first-order valence-electron chi connectivity index (χ1n) is 8.19. The van der Waals surface area contributed by atoms with Crippen molar-refractivity contribution in [1.82, 2.24) is 15.2 Å². The fourth-order valence-electron chi connectivity index (χ4n) is 3.36. The van der Waals surface area contributed by atoms with E-state index in [-0.39, 0.29) is 12.4 Å². The van der Waals surface area contributed by atoms with Gasteiger partial charge < -0.3 is 10.1 Å². The van der Waals surface area contributed by atoms with Crippen molar-refractivity contribution in [1.29, 1.82) is 0 Å². The summed E-state index contributed by atoms with van der Waals surface area (Å²) in [6, 6.07) is 11.1. The van der Waals surface area contributed by atoms with Crippen molar-refractivity contribution in [3.63, 3.8) is 0 Å². The topological polar surface area (TPSA) is 37.4 Å². The Morgan fingerprint density at radius 1 is 1.25 bits per heavy atom. The number of aromatic nitrogens is 1. The molecule has 1 fully saturated rings. The van der Waals surface area contributed by atoms with Crippen LogP contribution in [0.2, 0.25) is 0 Å². The van der Waals surface area contributed by atoms with Gasteiger partial charge in [0.05, 0.1) is 12.8 Å². The number of hydrogen-bond acceptors (Lipinski definition) is 4. The van der Waals surface area contributed by atoms with Gasteiger partial charge in [-0.3, -0.25) is 9.88 Å². The number of benzene rings is 1. The molecule has 1 N–H and O–H groups in total. The molecule has 5 heteroatoms. The Bertz CT molecular complexity index is 663. The zero-order chi connectivity index (χ0) is 16.2. The Kier molecular flexibility index (Phi) is 6.60. The van der Waals surface area contributed by atoms with E-state index in [2.05, 4.69) is 52.5 Å². The number of piperazine rings is 1. The van der Waals surface area contributed by atoms with Gasteiger partial charge in [-0.1, -0.05) is 30.3 Å². The number of halogens is 1. The minimum absolute atomic E-state index is 0. The maximum Gasteiger partial charge on any atom is 0.128 e. The summed E-state index contributed by atoms with van der Waals surface area (Å²) in [5, 5.41) is 3.51. The normalized spacial score (nSPS) is 18.0. The second-order valence-corrected chi connectivity index (χ2v) is 6.15. The zero-order valence-electron chi connectivity index (χ0n) is 14.6. The highest BCUT2D eigenvalue weighted by Gasteiger charge is 2.25. The number of methoxy groups -OCH3 is 1. The molecule has 3 rings (SSSR count). The molecule has 0 amide bonds. The number of hydrogen-bond donors (Lipinski definition) is 1. The van der Waals surface area contributed by atoms with Crippen molar-refractivity contribution >= 4 is 12.4 Å². The molecule has 1 aromatic heterocycles. The SMILES string of the molecule is COc1c(C)cnc(CN2CCNCC2c2ccccc2)c1C.Cl. The lowest BCUT2D eigenvalue weighted by atomic mass is 10.0. The van der Waals surface area contributed by atoms with Gasteiger partial charge in [-0.25, -0.2) is 0 Å². The minimum atomic E-state index is 0. The van der Waals surface area contributed by atoms with E-state index in [0.717, 1.165) is 48.7 Å². The van der Waals surface area contributed by atoms with Gasteiger partial charge in [-0.15, -0.1) is 12.4 Å². The Morgan fingerprint density at radius 2 is 2.00 bits per heavy atom. The van der Waals surface area contributed by atoms with Crippen LogP contribution in [-0.4, -0.2) is 36.6 Å². The van der Waals surface area contributed by atoms with Crippen LogP contribution < -0.4 is 10.1 Å². The van der Waals surface area contributed by atoms with Crippen LogP contribution in [0.4, 0.5) is 0 Å². The summed E-state index contributed by atoms with van der Waals surface area (Å²) >= 11 is 0. The smallest absolute Gasteiger partial charge is 0.128 e. The standard InChI is InChI=1S/C19H25N3O.ClH/c1-14-11-21-17(15(2)19(14)23-3)13-22-10-9-20-12-18(22)16-7-5-4-6-8-16;/h4-8,11,18,20H,9-10,12-13H2,1-3H3;1H. The maximum atomic E-state index is 5.55. The summed E-state index contributed by atoms with van der Waals surface area (Å²) in [7, 11) is 1.73. The molecule has 1 unspecified atom stereocenters. The van der Waals surface area contributed by atoms with Gasteiger partial charge in [0.1, 0.15) is 5.75 Å². The van der Waals surface area contributed by atoms with Crippen LogP contribution in [0.5, 0.6) is 5.75 Å². The lowest BCUT2D eigenvalue weighted by Gasteiger charge is -2.36. The van der Waals surface area contributed by atoms with Crippen LogP contribution in [0.15, 0.2) is 36.5 Å². The number of nitrogens with zero attached hydrogens (tertiary/aromatic N) is 2. The first-order chi connectivity index (χ1) is 11.2. The van der Waals surface area contributed by atoms with Crippen molar-refractivity contribution < 1.29 is 4.74 Å². The fraction of sp³-hybridized carbons (Fsp3) is 0.421. The van der Waals surface area contributed by atoms with Crippen LogP contribution in [0.1, 0.15) is 28.4 Å². The van der Waals surface area contributed by atoms with E-state index < -0.39 is 0 Å². The lowest BCUT2D eigenvalue weighted by molar-refractivity contribution is 0.151. The van der Waals surface area contributed by atoms with Gasteiger partial charge in [0.2, 0.25) is 0 Å². The summed E-state index contributed by atoms with van der Waals surface area (Å²) < 4.78 is 5.55. The summed E-state index contributed by atoms with van der Waals surface area (Å²) in [4.78, 5) is 7.18. The first kappa shape index (κ1) is 18.7. The van der Waals surface area contributed by atoms with Crippen molar-refractivity contribution in [2.75, 3.05) is 26.7 Å². The molecule has 2 aromatic rings. The number of nitrogens with one attached hydrogen (secondary N) is 1. The van der Waals surface area contributed by atoms with E-state index in [0.29, 0.717) is 6.04 Å². The Morgan fingerprint density at radius 3 is 2.71 bits per heavy atom. The zero-order valence-corrected chi connectivity index (χ0v) is 15.4. The predicted octanol–water partition coefficient (Wildman–Crippen LogP) is 3.28. The van der Waals surface area contributed by atoms with E-state index >= 15 is 0 Å². The Balaban J connectivity index is 0.00000208. The summed E-state index contributed by atoms with van der Waals surface area (Å²) in [6.07, 6.45) is 1.92. The molecule has 0 saturated carbocycles. The van der Waals surface area contributed by atoms with Crippen molar-refractivity contribution in [2.24, 2.45) is 0 Å². The molecule has 1 aliphatic rings. The molecular weight excluding hydrogens is 322 g/mol. The molecule has 24 heavy (non-hydrogen) atoms. The summed E-state index contributed by atoms with van der Waals surface area (Å²) in [5.74, 6) is 0.960. The second kappa shape index (κ2) is 8.47. The van der Waals surface area contributed by atoms with Crippen LogP contribution in [0.25, 0.3) is 0 Å². The van der Waals surface area contributed by atoms with Gasteiger partial charge in [0, 0.05) is 49.5 Å². The molecule has 0 aliphatic carbocycles. The molecule has 4 nitrogen and oxygen atoms in total. The second-order valence-electron chi connectivity index (χ2n) is 6.15. The number of ether oxygens (including phenoxy) is 1. The molecule has 0 bridgehead atoms. The van der Waals surface area contributed by atoms with Crippen molar-refractivity contribution in [3.8, 4) is 5.75 Å². The van der Waals surface area contributed by atoms with E-state index in [9.17, 15) is 0 Å². The lowest BCUT2D eigenvalue weighted by Crippen LogP contribution is -2.45. The molecule has 0 spiro atoms. The predicted molar refractivity (Wildman–Crippen MR) is 100.0 cm³/mol. The molecule has 1 atom stereocenters. The van der Waals surface area contributed by atoms with Gasteiger partial charge >= 0.3 is 0 Å². The van der Waals surface area contributed by atoms with E-state index in [1.54, 1.807) is 7.11 Å². The summed E-state index contributed by atoms with van der Waals surface area (Å²) in [5.41, 5.74) is 4.71. The third-order valence-corrected chi connectivity index (χ3v) is 4.64. The quantitative estimate of drug-likeness (QED) is 0.921. The number of aryl methyl sites for hydroxylation is 1. The van der Waals surface area contributed by atoms with Crippen LogP contribution in [0, 0.1) is 13.8 Å². The Hall–Kier alpha value is -1.62. The van der Waals surface area contributed by atoms with E-state index in [1.165, 1.54) is 5.56 Å². The third-order valence-electron chi connectivity index (χ3n) is 4.64. The largest absolute Gasteiger partial charge is 0.496 e.